The zero-order valence-corrected chi connectivity index (χ0v) is 16.8. The van der Waals surface area contributed by atoms with Crippen LogP contribution in [0.5, 0.6) is 0 Å². The topological polar surface area (TPSA) is 81.3 Å². The molecule has 1 amide bonds. The maximum absolute atomic E-state index is 13.4. The van der Waals surface area contributed by atoms with Gasteiger partial charge in [-0.1, -0.05) is 37.6 Å². The lowest BCUT2D eigenvalue weighted by Gasteiger charge is -2.19. The Morgan fingerprint density at radius 3 is 2.72 bits per heavy atom. The van der Waals surface area contributed by atoms with E-state index in [2.05, 4.69) is 5.10 Å². The molecule has 0 bridgehead atoms. The van der Waals surface area contributed by atoms with E-state index in [0.29, 0.717) is 29.2 Å². The van der Waals surface area contributed by atoms with Gasteiger partial charge in [-0.15, -0.1) is 0 Å². The molecule has 0 aliphatic carbocycles. The van der Waals surface area contributed by atoms with Gasteiger partial charge in [0.2, 0.25) is 0 Å². The number of hydrogen-bond donors (Lipinski definition) is 0. The number of rotatable bonds is 4. The number of carbonyl (C=O) groups excluding carboxylic acids is 1. The third kappa shape index (κ3) is 3.38. The molecular formula is C21H19ClN4O3. The van der Waals surface area contributed by atoms with Crippen molar-refractivity contribution in [2.75, 3.05) is 11.4 Å². The molecule has 0 fully saturated rings. The van der Waals surface area contributed by atoms with Crippen LogP contribution in [0.1, 0.15) is 41.4 Å². The molecule has 8 heteroatoms. The van der Waals surface area contributed by atoms with Gasteiger partial charge in [0, 0.05) is 23.7 Å². The minimum absolute atomic E-state index is 0.0258. The number of non-ortho nitro benzene ring substituents is 1. The fourth-order valence-corrected chi connectivity index (χ4v) is 3.91. The van der Waals surface area contributed by atoms with Crippen LogP contribution in [0.2, 0.25) is 5.02 Å². The molecule has 0 radical (unpaired) electrons. The Labute approximate surface area is 172 Å². The van der Waals surface area contributed by atoms with E-state index in [0.717, 1.165) is 16.9 Å². The van der Waals surface area contributed by atoms with Crippen LogP contribution in [-0.2, 0) is 6.42 Å². The third-order valence-electron chi connectivity index (χ3n) is 5.06. The van der Waals surface area contributed by atoms with Gasteiger partial charge in [-0.25, -0.2) is 4.68 Å². The van der Waals surface area contributed by atoms with Crippen molar-refractivity contribution in [1.29, 1.82) is 0 Å². The van der Waals surface area contributed by atoms with Crippen LogP contribution in [-0.4, -0.2) is 27.2 Å². The zero-order valence-electron chi connectivity index (χ0n) is 16.0. The number of anilines is 1. The molecule has 0 saturated carbocycles. The summed E-state index contributed by atoms with van der Waals surface area (Å²) in [7, 11) is 0. The highest BCUT2D eigenvalue weighted by atomic mass is 35.5. The Morgan fingerprint density at radius 1 is 1.24 bits per heavy atom. The van der Waals surface area contributed by atoms with Crippen molar-refractivity contribution in [3.8, 4) is 5.69 Å². The van der Waals surface area contributed by atoms with Crippen LogP contribution < -0.4 is 4.90 Å². The fourth-order valence-electron chi connectivity index (χ4n) is 3.73. The summed E-state index contributed by atoms with van der Waals surface area (Å²) in [5, 5.41) is 16.2. The molecule has 2 aromatic carbocycles. The number of nitro benzene ring substituents is 1. The molecular weight excluding hydrogens is 392 g/mol. The van der Waals surface area contributed by atoms with Crippen molar-refractivity contribution in [3.05, 3.63) is 80.6 Å². The Morgan fingerprint density at radius 2 is 2.03 bits per heavy atom. The summed E-state index contributed by atoms with van der Waals surface area (Å²) in [6.07, 6.45) is 2.23. The van der Waals surface area contributed by atoms with Crippen molar-refractivity contribution >= 4 is 28.9 Å². The van der Waals surface area contributed by atoms with E-state index < -0.39 is 4.92 Å². The molecule has 148 valence electrons. The molecule has 0 spiro atoms. The number of nitro groups is 1. The van der Waals surface area contributed by atoms with Gasteiger partial charge < -0.3 is 4.90 Å². The highest BCUT2D eigenvalue weighted by Gasteiger charge is 2.31. The average molecular weight is 411 g/mol. The molecule has 0 atom stereocenters. The Bertz CT molecular complexity index is 1120. The largest absolute Gasteiger partial charge is 0.307 e. The maximum atomic E-state index is 13.4. The van der Waals surface area contributed by atoms with Crippen molar-refractivity contribution in [2.24, 2.45) is 0 Å². The Hall–Kier alpha value is -3.19. The Kier molecular flexibility index (Phi) is 4.84. The standard InChI is InChI=1S/C21H19ClN4O3/c1-13(2)20-18(12-23-25(20)16-5-3-4-15(22)10-16)21(27)24-9-8-14-6-7-17(26(28)29)11-19(14)24/h3-7,10-13H,8-9H2,1-2H3. The lowest BCUT2D eigenvalue weighted by molar-refractivity contribution is -0.384. The number of carbonyl (C=O) groups is 1. The van der Waals surface area contributed by atoms with Gasteiger partial charge in [0.05, 0.1) is 33.8 Å². The fraction of sp³-hybridized carbons (Fsp3) is 0.238. The molecule has 7 nitrogen and oxygen atoms in total. The molecule has 0 N–H and O–H groups in total. The van der Waals surface area contributed by atoms with Crippen molar-refractivity contribution in [1.82, 2.24) is 9.78 Å². The minimum Gasteiger partial charge on any atom is -0.307 e. The van der Waals surface area contributed by atoms with Crippen LogP contribution in [0.15, 0.2) is 48.7 Å². The quantitative estimate of drug-likeness (QED) is 0.458. The monoisotopic (exact) mass is 410 g/mol. The summed E-state index contributed by atoms with van der Waals surface area (Å²) in [6, 6.07) is 12.0. The first kappa shape index (κ1) is 19.1. The van der Waals surface area contributed by atoms with Crippen LogP contribution in [0, 0.1) is 10.1 Å². The van der Waals surface area contributed by atoms with Crippen LogP contribution in [0.4, 0.5) is 11.4 Å². The molecule has 29 heavy (non-hydrogen) atoms. The first-order valence-electron chi connectivity index (χ1n) is 9.30. The Balaban J connectivity index is 1.76. The molecule has 1 aliphatic heterocycles. The normalized spacial score (nSPS) is 13.0. The predicted molar refractivity (Wildman–Crippen MR) is 111 cm³/mol. The molecule has 1 aromatic heterocycles. The lowest BCUT2D eigenvalue weighted by Crippen LogP contribution is -2.29. The summed E-state index contributed by atoms with van der Waals surface area (Å²) in [6.45, 7) is 4.48. The van der Waals surface area contributed by atoms with Gasteiger partial charge in [0.1, 0.15) is 0 Å². The van der Waals surface area contributed by atoms with Crippen LogP contribution in [0.3, 0.4) is 0 Å². The van der Waals surface area contributed by atoms with Crippen molar-refractivity contribution < 1.29 is 9.72 Å². The second-order valence-electron chi connectivity index (χ2n) is 7.27. The summed E-state index contributed by atoms with van der Waals surface area (Å²) in [4.78, 5) is 25.7. The number of aromatic nitrogens is 2. The number of hydrogen-bond acceptors (Lipinski definition) is 4. The molecule has 0 unspecified atom stereocenters. The predicted octanol–water partition coefficient (Wildman–Crippen LogP) is 4.76. The number of nitrogens with zero attached hydrogens (tertiary/aromatic N) is 4. The van der Waals surface area contributed by atoms with Crippen molar-refractivity contribution in [3.63, 3.8) is 0 Å². The van der Waals surface area contributed by atoms with Crippen molar-refractivity contribution in [2.45, 2.75) is 26.2 Å². The number of benzene rings is 2. The molecule has 3 aromatic rings. The first-order valence-corrected chi connectivity index (χ1v) is 9.67. The smallest absolute Gasteiger partial charge is 0.271 e. The number of fused-ring (bicyclic) bond motifs is 1. The SMILES string of the molecule is CC(C)c1c(C(=O)N2CCc3ccc([N+](=O)[O-])cc32)cnn1-c1cccc(Cl)c1. The number of amides is 1. The highest BCUT2D eigenvalue weighted by molar-refractivity contribution is 6.30. The molecule has 2 heterocycles. The summed E-state index contributed by atoms with van der Waals surface area (Å²) >= 11 is 6.12. The van der Waals surface area contributed by atoms with Gasteiger partial charge in [0.15, 0.2) is 0 Å². The highest BCUT2D eigenvalue weighted by Crippen LogP contribution is 2.34. The van der Waals surface area contributed by atoms with E-state index in [1.807, 2.05) is 26.0 Å². The van der Waals surface area contributed by atoms with Crippen LogP contribution in [0.25, 0.3) is 5.69 Å². The zero-order chi connectivity index (χ0) is 20.7. The summed E-state index contributed by atoms with van der Waals surface area (Å²) in [5.74, 6) is -0.177. The van der Waals surface area contributed by atoms with E-state index in [1.54, 1.807) is 34.0 Å². The second kappa shape index (κ2) is 7.33. The van der Waals surface area contributed by atoms with Gasteiger partial charge in [-0.3, -0.25) is 14.9 Å². The lowest BCUT2D eigenvalue weighted by atomic mass is 10.0. The summed E-state index contributed by atoms with van der Waals surface area (Å²) < 4.78 is 1.73. The van der Waals surface area contributed by atoms with Gasteiger partial charge in [0.25, 0.3) is 11.6 Å². The van der Waals surface area contributed by atoms with Gasteiger partial charge in [-0.05, 0) is 36.1 Å². The second-order valence-corrected chi connectivity index (χ2v) is 7.70. The average Bonchev–Trinajstić information content (AvgIpc) is 3.31. The number of halogens is 1. The molecule has 1 aliphatic rings. The third-order valence-corrected chi connectivity index (χ3v) is 5.29. The molecule has 4 rings (SSSR count). The summed E-state index contributed by atoms with van der Waals surface area (Å²) in [5.41, 5.74) is 3.53. The minimum atomic E-state index is -0.446. The maximum Gasteiger partial charge on any atom is 0.271 e. The van der Waals surface area contributed by atoms with E-state index >= 15 is 0 Å². The van der Waals surface area contributed by atoms with Gasteiger partial charge >= 0.3 is 0 Å². The van der Waals surface area contributed by atoms with Crippen LogP contribution >= 0.6 is 11.6 Å². The van der Waals surface area contributed by atoms with E-state index in [-0.39, 0.29) is 17.5 Å². The van der Waals surface area contributed by atoms with E-state index in [4.69, 9.17) is 11.6 Å². The van der Waals surface area contributed by atoms with E-state index in [1.165, 1.54) is 12.1 Å². The first-order chi connectivity index (χ1) is 13.9. The van der Waals surface area contributed by atoms with E-state index in [9.17, 15) is 14.9 Å². The van der Waals surface area contributed by atoms with Gasteiger partial charge in [-0.2, -0.15) is 5.10 Å². The molecule has 0 saturated heterocycles.